The Bertz CT molecular complexity index is 713. The molecule has 1 aromatic carbocycles. The third kappa shape index (κ3) is 6.81. The summed E-state index contributed by atoms with van der Waals surface area (Å²) in [4.78, 5) is 15.5. The van der Waals surface area contributed by atoms with Gasteiger partial charge in [0.05, 0.1) is 18.9 Å². The van der Waals surface area contributed by atoms with Crippen LogP contribution in [0, 0.1) is 5.82 Å². The molecular weight excluding hydrogens is 373 g/mol. The number of nitrogens with zero attached hydrogens (tertiary/aromatic N) is 2. The molecule has 158 valence electrons. The lowest BCUT2D eigenvalue weighted by Gasteiger charge is -2.38. The number of allylic oxidation sites excluding steroid dienone is 2. The summed E-state index contributed by atoms with van der Waals surface area (Å²) in [6.45, 7) is 11.9. The molecule has 0 amide bonds. The second kappa shape index (κ2) is 11.5. The van der Waals surface area contributed by atoms with Crippen LogP contribution in [0.2, 0.25) is 0 Å². The molecule has 1 aliphatic rings. The van der Waals surface area contributed by atoms with Gasteiger partial charge >= 0.3 is 0 Å². The number of hydrogen-bond donors (Lipinski definition) is 1. The van der Waals surface area contributed by atoms with Crippen LogP contribution in [0.3, 0.4) is 0 Å². The lowest BCUT2D eigenvalue weighted by atomic mass is 10.1. The molecule has 1 heterocycles. The van der Waals surface area contributed by atoms with Crippen molar-refractivity contribution >= 4 is 6.29 Å². The summed E-state index contributed by atoms with van der Waals surface area (Å²) < 4.78 is 24.2. The van der Waals surface area contributed by atoms with E-state index in [0.29, 0.717) is 18.5 Å². The predicted octanol–water partition coefficient (Wildman–Crippen LogP) is 2.60. The molecule has 29 heavy (non-hydrogen) atoms. The third-order valence-corrected chi connectivity index (χ3v) is 4.93. The van der Waals surface area contributed by atoms with Crippen molar-refractivity contribution in [3.8, 4) is 0 Å². The van der Waals surface area contributed by atoms with Gasteiger partial charge in [0.1, 0.15) is 11.6 Å². The van der Waals surface area contributed by atoms with Crippen molar-refractivity contribution in [2.24, 2.45) is 5.73 Å². The summed E-state index contributed by atoms with van der Waals surface area (Å²) in [5.41, 5.74) is 7.39. The Hall–Kier alpha value is -2.48. The minimum atomic E-state index is -1.01. The first kappa shape index (κ1) is 22.8. The lowest BCUT2D eigenvalue weighted by molar-refractivity contribution is -0.122. The van der Waals surface area contributed by atoms with Gasteiger partial charge in [-0.2, -0.15) is 0 Å². The van der Waals surface area contributed by atoms with E-state index in [0.717, 1.165) is 44.0 Å². The maximum Gasteiger partial charge on any atom is 0.163 e. The Morgan fingerprint density at radius 3 is 2.48 bits per heavy atom. The van der Waals surface area contributed by atoms with Gasteiger partial charge in [-0.15, -0.1) is 0 Å². The van der Waals surface area contributed by atoms with Crippen LogP contribution in [0.15, 0.2) is 61.0 Å². The van der Waals surface area contributed by atoms with Crippen LogP contribution in [-0.4, -0.2) is 62.1 Å². The highest BCUT2D eigenvalue weighted by molar-refractivity contribution is 5.54. The van der Waals surface area contributed by atoms with E-state index in [4.69, 9.17) is 15.2 Å². The van der Waals surface area contributed by atoms with E-state index < -0.39 is 6.23 Å². The predicted molar refractivity (Wildman–Crippen MR) is 111 cm³/mol. The number of benzene rings is 1. The van der Waals surface area contributed by atoms with Crippen LogP contribution >= 0.6 is 0 Å². The summed E-state index contributed by atoms with van der Waals surface area (Å²) in [6, 6.07) is 6.09. The molecule has 1 fully saturated rings. The van der Waals surface area contributed by atoms with Crippen LogP contribution in [-0.2, 0) is 14.3 Å². The Kier molecular flexibility index (Phi) is 9.05. The molecule has 0 aromatic heterocycles. The van der Waals surface area contributed by atoms with Crippen LogP contribution in [0.1, 0.15) is 18.1 Å². The van der Waals surface area contributed by atoms with Gasteiger partial charge in [-0.1, -0.05) is 31.4 Å². The summed E-state index contributed by atoms with van der Waals surface area (Å²) in [6.07, 6.45) is 3.46. The van der Waals surface area contributed by atoms with Gasteiger partial charge in [0.15, 0.2) is 12.5 Å². The van der Waals surface area contributed by atoms with Crippen LogP contribution < -0.4 is 5.73 Å². The number of aldehydes is 1. The number of rotatable bonds is 11. The third-order valence-electron chi connectivity index (χ3n) is 4.93. The number of carbonyl (C=O) groups excluding carboxylic acids is 1. The molecule has 2 rings (SSSR count). The molecule has 0 bridgehead atoms. The van der Waals surface area contributed by atoms with E-state index in [1.165, 1.54) is 12.1 Å². The fourth-order valence-electron chi connectivity index (χ4n) is 3.32. The minimum absolute atomic E-state index is 0.315. The van der Waals surface area contributed by atoms with Crippen molar-refractivity contribution in [2.75, 3.05) is 39.8 Å². The maximum absolute atomic E-state index is 13.2. The summed E-state index contributed by atoms with van der Waals surface area (Å²) in [5, 5.41) is 0. The largest absolute Gasteiger partial charge is 0.495 e. The molecule has 0 spiro atoms. The normalized spacial score (nSPS) is 17.5. The van der Waals surface area contributed by atoms with E-state index in [-0.39, 0.29) is 11.9 Å². The molecule has 1 saturated heterocycles. The van der Waals surface area contributed by atoms with Crippen molar-refractivity contribution in [1.29, 1.82) is 0 Å². The van der Waals surface area contributed by atoms with Gasteiger partial charge in [-0.3, -0.25) is 15.4 Å². The van der Waals surface area contributed by atoms with E-state index in [2.05, 4.69) is 23.0 Å². The summed E-state index contributed by atoms with van der Waals surface area (Å²) in [7, 11) is 1.61. The molecule has 1 aliphatic heterocycles. The van der Waals surface area contributed by atoms with Gasteiger partial charge in [0.2, 0.25) is 0 Å². The van der Waals surface area contributed by atoms with Crippen LogP contribution in [0.25, 0.3) is 0 Å². The number of piperazine rings is 1. The Morgan fingerprint density at radius 2 is 1.93 bits per heavy atom. The number of halogens is 1. The average Bonchev–Trinajstić information content (AvgIpc) is 2.75. The molecule has 7 heteroatoms. The highest BCUT2D eigenvalue weighted by Crippen LogP contribution is 2.24. The van der Waals surface area contributed by atoms with Crippen molar-refractivity contribution < 1.29 is 18.7 Å². The first-order chi connectivity index (χ1) is 14.0. The number of methoxy groups -OCH3 is 1. The van der Waals surface area contributed by atoms with Gasteiger partial charge in [-0.05, 0) is 30.2 Å². The highest BCUT2D eigenvalue weighted by Gasteiger charge is 2.22. The van der Waals surface area contributed by atoms with Gasteiger partial charge < -0.3 is 14.4 Å². The fourth-order valence-corrected chi connectivity index (χ4v) is 3.32. The number of nitrogens with two attached hydrogens (primary N) is 1. The van der Waals surface area contributed by atoms with Crippen LogP contribution in [0.4, 0.5) is 4.39 Å². The molecule has 2 atom stereocenters. The second-order valence-corrected chi connectivity index (χ2v) is 6.81. The van der Waals surface area contributed by atoms with Crippen molar-refractivity contribution in [2.45, 2.75) is 18.8 Å². The maximum atomic E-state index is 13.2. The van der Waals surface area contributed by atoms with Gasteiger partial charge in [0, 0.05) is 32.7 Å². The molecule has 2 unspecified atom stereocenters. The first-order valence-corrected chi connectivity index (χ1v) is 9.63. The average molecular weight is 403 g/mol. The Morgan fingerprint density at radius 1 is 1.28 bits per heavy atom. The standard InChI is InChI=1S/C22H30FN3O3/c1-4-5-20(17(2)28-3)26-14-12-25(13-15-26)11-10-21(29-22(24)16-27)18-6-8-19(23)9-7-18/h4-9,16,21-22H,1-2,10-15,24H2,3H3/b20-5+. The molecule has 0 saturated carbocycles. The first-order valence-electron chi connectivity index (χ1n) is 9.63. The monoisotopic (exact) mass is 403 g/mol. The zero-order chi connectivity index (χ0) is 21.2. The van der Waals surface area contributed by atoms with Crippen molar-refractivity contribution in [3.63, 3.8) is 0 Å². The Labute approximate surface area is 172 Å². The number of ether oxygens (including phenoxy) is 2. The summed E-state index contributed by atoms with van der Waals surface area (Å²) >= 11 is 0. The number of carbonyl (C=O) groups is 1. The highest BCUT2D eigenvalue weighted by atomic mass is 19.1. The van der Waals surface area contributed by atoms with Crippen molar-refractivity contribution in [1.82, 2.24) is 9.80 Å². The van der Waals surface area contributed by atoms with Gasteiger partial charge in [0.25, 0.3) is 0 Å². The van der Waals surface area contributed by atoms with Crippen LogP contribution in [0.5, 0.6) is 0 Å². The molecule has 6 nitrogen and oxygen atoms in total. The molecule has 0 radical (unpaired) electrons. The summed E-state index contributed by atoms with van der Waals surface area (Å²) in [5.74, 6) is 0.301. The second-order valence-electron chi connectivity index (χ2n) is 6.81. The molecule has 1 aromatic rings. The SMILES string of the molecule is C=C/C=C(\C(=C)OC)N1CCN(CCC(OC(N)C=O)c2ccc(F)cc2)CC1. The van der Waals surface area contributed by atoms with E-state index in [1.807, 2.05) is 6.08 Å². The quantitative estimate of drug-likeness (QED) is 0.265. The zero-order valence-electron chi connectivity index (χ0n) is 16.9. The van der Waals surface area contributed by atoms with E-state index >= 15 is 0 Å². The van der Waals surface area contributed by atoms with E-state index in [9.17, 15) is 9.18 Å². The topological polar surface area (TPSA) is 68.0 Å². The molecular formula is C22H30FN3O3. The molecule has 0 aliphatic carbocycles. The Balaban J connectivity index is 1.94. The minimum Gasteiger partial charge on any atom is -0.495 e. The smallest absolute Gasteiger partial charge is 0.163 e. The lowest BCUT2D eigenvalue weighted by Crippen LogP contribution is -2.46. The fraction of sp³-hybridized carbons (Fsp3) is 0.409. The zero-order valence-corrected chi connectivity index (χ0v) is 16.9. The van der Waals surface area contributed by atoms with Crippen molar-refractivity contribution in [3.05, 3.63) is 72.4 Å². The van der Waals surface area contributed by atoms with E-state index in [1.54, 1.807) is 25.3 Å². The number of hydrogen-bond acceptors (Lipinski definition) is 6. The molecule has 2 N–H and O–H groups in total. The van der Waals surface area contributed by atoms with Gasteiger partial charge in [-0.25, -0.2) is 4.39 Å².